The molecule has 2 aromatic rings. The number of guanidine groups is 1. The van der Waals surface area contributed by atoms with Gasteiger partial charge in [0.25, 0.3) is 0 Å². The molecule has 0 fully saturated rings. The van der Waals surface area contributed by atoms with Crippen molar-refractivity contribution in [2.45, 2.75) is 32.8 Å². The first-order valence-electron chi connectivity index (χ1n) is 8.46. The van der Waals surface area contributed by atoms with Gasteiger partial charge in [-0.3, -0.25) is 4.99 Å². The molecule has 0 aromatic heterocycles. The van der Waals surface area contributed by atoms with Crippen molar-refractivity contribution in [1.82, 2.24) is 0 Å². The summed E-state index contributed by atoms with van der Waals surface area (Å²) in [6, 6.07) is 15.6. The highest BCUT2D eigenvalue weighted by molar-refractivity contribution is 5.92. The van der Waals surface area contributed by atoms with E-state index in [2.05, 4.69) is 23.3 Å². The second-order valence-electron chi connectivity index (χ2n) is 6.18. The van der Waals surface area contributed by atoms with E-state index in [4.69, 9.17) is 15.2 Å². The van der Waals surface area contributed by atoms with Crippen molar-refractivity contribution in [3.63, 3.8) is 0 Å². The van der Waals surface area contributed by atoms with Crippen molar-refractivity contribution in [2.75, 3.05) is 19.0 Å². The van der Waals surface area contributed by atoms with Crippen LogP contribution in [0.5, 0.6) is 11.5 Å². The van der Waals surface area contributed by atoms with E-state index in [-0.39, 0.29) is 12.0 Å². The van der Waals surface area contributed by atoms with Crippen LogP contribution in [-0.4, -0.2) is 25.7 Å². The largest absolute Gasteiger partial charge is 0.496 e. The zero-order valence-electron chi connectivity index (χ0n) is 15.3. The summed E-state index contributed by atoms with van der Waals surface area (Å²) in [4.78, 5) is 4.44. The van der Waals surface area contributed by atoms with Crippen LogP contribution in [0.25, 0.3) is 0 Å². The molecule has 2 aromatic carbocycles. The quantitative estimate of drug-likeness (QED) is 0.590. The lowest BCUT2D eigenvalue weighted by Crippen LogP contribution is -2.23. The van der Waals surface area contributed by atoms with E-state index in [1.807, 2.05) is 56.3 Å². The second-order valence-corrected chi connectivity index (χ2v) is 6.18. The number of ether oxygens (including phenoxy) is 2. The number of nitrogens with zero attached hydrogens (tertiary/aromatic N) is 1. The van der Waals surface area contributed by atoms with E-state index < -0.39 is 0 Å². The van der Waals surface area contributed by atoms with Crippen LogP contribution < -0.4 is 20.5 Å². The minimum absolute atomic E-state index is 0.155. The van der Waals surface area contributed by atoms with Crippen molar-refractivity contribution in [2.24, 2.45) is 10.7 Å². The summed E-state index contributed by atoms with van der Waals surface area (Å²) in [5.74, 6) is 2.30. The maximum Gasteiger partial charge on any atom is 0.193 e. The first kappa shape index (κ1) is 18.6. The Morgan fingerprint density at radius 1 is 1.08 bits per heavy atom. The molecule has 0 saturated carbocycles. The summed E-state index contributed by atoms with van der Waals surface area (Å²) in [5, 5.41) is 3.10. The maximum absolute atomic E-state index is 6.00. The molecular weight excluding hydrogens is 314 g/mol. The Morgan fingerprint density at radius 3 is 2.40 bits per heavy atom. The molecular formula is C20H27N3O2. The zero-order chi connectivity index (χ0) is 18.2. The Balaban J connectivity index is 1.95. The Kier molecular flexibility index (Phi) is 6.69. The number of hydrogen-bond acceptors (Lipinski definition) is 3. The van der Waals surface area contributed by atoms with Gasteiger partial charge < -0.3 is 20.5 Å². The van der Waals surface area contributed by atoms with Crippen molar-refractivity contribution in [3.05, 3.63) is 54.1 Å². The average Bonchev–Trinajstić information content (AvgIpc) is 2.61. The molecule has 2 rings (SSSR count). The van der Waals surface area contributed by atoms with Gasteiger partial charge in [-0.15, -0.1) is 0 Å². The molecule has 0 saturated heterocycles. The third-order valence-corrected chi connectivity index (χ3v) is 3.70. The van der Waals surface area contributed by atoms with Gasteiger partial charge in [-0.1, -0.05) is 25.1 Å². The molecule has 0 aliphatic rings. The zero-order valence-corrected chi connectivity index (χ0v) is 15.3. The first-order valence-corrected chi connectivity index (χ1v) is 8.46. The molecule has 1 unspecified atom stereocenters. The monoisotopic (exact) mass is 341 g/mol. The van der Waals surface area contributed by atoms with Crippen molar-refractivity contribution >= 4 is 11.6 Å². The Bertz CT molecular complexity index is 696. The molecule has 0 amide bonds. The topological polar surface area (TPSA) is 68.9 Å². The summed E-state index contributed by atoms with van der Waals surface area (Å²) in [7, 11) is 1.68. The van der Waals surface area contributed by atoms with Gasteiger partial charge in [0.2, 0.25) is 0 Å². The lowest BCUT2D eigenvalue weighted by atomic mass is 10.0. The highest BCUT2D eigenvalue weighted by atomic mass is 16.5. The Hall–Kier alpha value is -2.69. The second kappa shape index (κ2) is 8.97. The van der Waals surface area contributed by atoms with Gasteiger partial charge in [0.05, 0.1) is 13.2 Å². The SMILES string of the molecule is COc1ccccc1C(C)CN=C(N)Nc1ccc(OC(C)C)cc1. The molecule has 25 heavy (non-hydrogen) atoms. The fraction of sp³-hybridized carbons (Fsp3) is 0.350. The number of anilines is 1. The minimum Gasteiger partial charge on any atom is -0.496 e. The van der Waals surface area contributed by atoms with E-state index in [9.17, 15) is 0 Å². The molecule has 0 radical (unpaired) electrons. The minimum atomic E-state index is 0.155. The van der Waals surface area contributed by atoms with Gasteiger partial charge in [0.1, 0.15) is 11.5 Å². The third-order valence-electron chi connectivity index (χ3n) is 3.70. The Morgan fingerprint density at radius 2 is 1.76 bits per heavy atom. The first-order chi connectivity index (χ1) is 12.0. The van der Waals surface area contributed by atoms with Crippen molar-refractivity contribution in [1.29, 1.82) is 0 Å². The fourth-order valence-electron chi connectivity index (χ4n) is 2.48. The normalized spacial score (nSPS) is 12.8. The molecule has 5 nitrogen and oxygen atoms in total. The molecule has 0 aliphatic carbocycles. The summed E-state index contributed by atoms with van der Waals surface area (Å²) in [5.41, 5.74) is 8.00. The molecule has 0 aliphatic heterocycles. The smallest absolute Gasteiger partial charge is 0.193 e. The molecule has 1 atom stereocenters. The van der Waals surface area contributed by atoms with Crippen LogP contribution >= 0.6 is 0 Å². The molecule has 5 heteroatoms. The average molecular weight is 341 g/mol. The summed E-state index contributed by atoms with van der Waals surface area (Å²) in [6.07, 6.45) is 0.155. The predicted octanol–water partition coefficient (Wildman–Crippen LogP) is 4.01. The van der Waals surface area contributed by atoms with Gasteiger partial charge in [-0.2, -0.15) is 0 Å². The van der Waals surface area contributed by atoms with Gasteiger partial charge >= 0.3 is 0 Å². The Labute approximate surface area is 149 Å². The highest BCUT2D eigenvalue weighted by Crippen LogP contribution is 2.26. The molecule has 134 valence electrons. The van der Waals surface area contributed by atoms with E-state index in [0.717, 1.165) is 22.7 Å². The number of methoxy groups -OCH3 is 1. The van der Waals surface area contributed by atoms with Gasteiger partial charge in [-0.05, 0) is 49.7 Å². The van der Waals surface area contributed by atoms with Crippen LogP contribution in [-0.2, 0) is 0 Å². The van der Waals surface area contributed by atoms with E-state index in [0.29, 0.717) is 12.5 Å². The van der Waals surface area contributed by atoms with Crippen LogP contribution in [0.2, 0.25) is 0 Å². The van der Waals surface area contributed by atoms with E-state index >= 15 is 0 Å². The molecule has 3 N–H and O–H groups in total. The highest BCUT2D eigenvalue weighted by Gasteiger charge is 2.10. The summed E-state index contributed by atoms with van der Waals surface area (Å²) in [6.45, 7) is 6.68. The number of aliphatic imine (C=N–C) groups is 1. The summed E-state index contributed by atoms with van der Waals surface area (Å²) < 4.78 is 11.0. The van der Waals surface area contributed by atoms with Crippen LogP contribution in [0.3, 0.4) is 0 Å². The van der Waals surface area contributed by atoms with Crippen LogP contribution in [0.15, 0.2) is 53.5 Å². The lowest BCUT2D eigenvalue weighted by Gasteiger charge is -2.14. The lowest BCUT2D eigenvalue weighted by molar-refractivity contribution is 0.242. The third kappa shape index (κ3) is 5.71. The van der Waals surface area contributed by atoms with E-state index in [1.54, 1.807) is 7.11 Å². The van der Waals surface area contributed by atoms with Gasteiger partial charge in [0.15, 0.2) is 5.96 Å². The number of benzene rings is 2. The molecule has 0 bridgehead atoms. The molecule has 0 spiro atoms. The van der Waals surface area contributed by atoms with Crippen molar-refractivity contribution < 1.29 is 9.47 Å². The summed E-state index contributed by atoms with van der Waals surface area (Å²) >= 11 is 0. The fourth-order valence-corrected chi connectivity index (χ4v) is 2.48. The van der Waals surface area contributed by atoms with Crippen LogP contribution in [0.4, 0.5) is 5.69 Å². The number of nitrogens with two attached hydrogens (primary N) is 1. The maximum atomic E-state index is 6.00. The van der Waals surface area contributed by atoms with Gasteiger partial charge in [0, 0.05) is 18.2 Å². The number of rotatable bonds is 7. The standard InChI is InChI=1S/C20H27N3O2/c1-14(2)25-17-11-9-16(10-12-17)23-20(21)22-13-15(3)18-7-5-6-8-19(18)24-4/h5-12,14-15H,13H2,1-4H3,(H3,21,22,23). The number of para-hydroxylation sites is 1. The molecule has 0 heterocycles. The van der Waals surface area contributed by atoms with Gasteiger partial charge in [-0.25, -0.2) is 0 Å². The van der Waals surface area contributed by atoms with Crippen molar-refractivity contribution in [3.8, 4) is 11.5 Å². The van der Waals surface area contributed by atoms with Crippen LogP contribution in [0.1, 0.15) is 32.3 Å². The predicted molar refractivity (Wildman–Crippen MR) is 104 cm³/mol. The number of hydrogen-bond donors (Lipinski definition) is 2. The van der Waals surface area contributed by atoms with Crippen LogP contribution in [0, 0.1) is 0 Å². The number of nitrogens with one attached hydrogen (secondary N) is 1. The van der Waals surface area contributed by atoms with E-state index in [1.165, 1.54) is 0 Å².